The van der Waals surface area contributed by atoms with Gasteiger partial charge in [0.2, 0.25) is 17.7 Å². The molecular weight excluding hydrogens is 1030 g/mol. The molecule has 0 unspecified atom stereocenters. The maximum absolute atomic E-state index is 14.1. The van der Waals surface area contributed by atoms with Crippen molar-refractivity contribution in [1.29, 1.82) is 0 Å². The molecule has 4 aromatic rings. The molecule has 420 valence electrons. The fourth-order valence-corrected chi connectivity index (χ4v) is 8.05. The van der Waals surface area contributed by atoms with Gasteiger partial charge in [0, 0.05) is 79.6 Å². The zero-order chi connectivity index (χ0) is 58.2. The van der Waals surface area contributed by atoms with Gasteiger partial charge in [0.15, 0.2) is 34.5 Å². The number of benzene rings is 4. The molecule has 0 saturated heterocycles. The van der Waals surface area contributed by atoms with Gasteiger partial charge in [-0.2, -0.15) is 0 Å². The number of carbonyl (C=O) groups excluding carboxylic acids is 12. The van der Waals surface area contributed by atoms with E-state index in [-0.39, 0.29) is 109 Å². The minimum atomic E-state index is -1.25. The van der Waals surface area contributed by atoms with E-state index in [2.05, 4.69) is 26.6 Å². The Labute approximate surface area is 454 Å². The molecule has 4 rings (SSSR count). The van der Waals surface area contributed by atoms with Crippen LogP contribution >= 0.6 is 0 Å². The Morgan fingerprint density at radius 3 is 1.08 bits per heavy atom. The molecule has 0 saturated carbocycles. The van der Waals surface area contributed by atoms with E-state index in [4.69, 9.17) is 34.2 Å². The summed E-state index contributed by atoms with van der Waals surface area (Å²) in [6, 6.07) is 19.3. The Bertz CT molecular complexity index is 2700. The summed E-state index contributed by atoms with van der Waals surface area (Å²) in [6.07, 6.45) is -0.0993. The van der Waals surface area contributed by atoms with Crippen molar-refractivity contribution in [2.24, 2.45) is 5.73 Å². The number of hydrogen-bond acceptors (Lipinski definition) is 18. The molecule has 0 aromatic heterocycles. The average Bonchev–Trinajstić information content (AvgIpc) is 3.38. The molecule has 1 atom stereocenters. The third kappa shape index (κ3) is 20.2. The number of amides is 6. The summed E-state index contributed by atoms with van der Waals surface area (Å²) >= 11 is 0. The summed E-state index contributed by atoms with van der Waals surface area (Å²) in [5, 5.41) is 13.9. The first-order valence-electron chi connectivity index (χ1n) is 24.8. The Hall–Kier alpha value is -9.48. The van der Waals surface area contributed by atoms with Gasteiger partial charge < -0.3 is 60.7 Å². The van der Waals surface area contributed by atoms with E-state index in [1.165, 1.54) is 54.6 Å². The standard InChI is InChI=1S/C55H62N6O18/c1-32(62)74-42-21-10-18-39(48(42)77-35(4)65)52(71)57-29-13-26-55(61-46(69)25-24-45(68)60-47(51(56)70)38-16-8-7-9-17-38,27-14-30-58-53(72)40-19-11-22-43(75-33(2)63)49(40)78-36(5)66)28-15-31-59-54(73)41-20-12-23-44(76-34(3)64)50(41)79-37(6)67/h7-12,16-23,47H,13-15,24-31H2,1-6H3,(H2,56,70)(H,57,71)(H,58,72)(H,59,73)(H,60,68)(H,61,69)/t47-/m1/s1. The first kappa shape index (κ1) is 62.1. The van der Waals surface area contributed by atoms with Crippen LogP contribution in [0.2, 0.25) is 0 Å². The van der Waals surface area contributed by atoms with Crippen molar-refractivity contribution in [1.82, 2.24) is 26.6 Å². The fourth-order valence-electron chi connectivity index (χ4n) is 8.05. The van der Waals surface area contributed by atoms with Crippen LogP contribution in [-0.4, -0.2) is 96.4 Å². The van der Waals surface area contributed by atoms with E-state index in [9.17, 15) is 57.5 Å². The van der Waals surface area contributed by atoms with Crippen LogP contribution in [0.3, 0.4) is 0 Å². The largest absolute Gasteiger partial charge is 0.423 e. The first-order chi connectivity index (χ1) is 37.5. The molecule has 24 heteroatoms. The Morgan fingerprint density at radius 2 is 0.759 bits per heavy atom. The molecule has 0 aliphatic rings. The Balaban J connectivity index is 1.66. The number of nitrogens with one attached hydrogen (secondary N) is 5. The monoisotopic (exact) mass is 1090 g/mol. The molecule has 79 heavy (non-hydrogen) atoms. The summed E-state index contributed by atoms with van der Waals surface area (Å²) in [5.74, 6) is -10.4. The molecule has 0 heterocycles. The van der Waals surface area contributed by atoms with Gasteiger partial charge >= 0.3 is 35.8 Å². The van der Waals surface area contributed by atoms with Crippen LogP contribution in [-0.2, 0) is 43.2 Å². The third-order valence-corrected chi connectivity index (χ3v) is 11.2. The lowest BCUT2D eigenvalue weighted by Crippen LogP contribution is -2.50. The predicted octanol–water partition coefficient (Wildman–Crippen LogP) is 4.15. The van der Waals surface area contributed by atoms with Crippen LogP contribution in [0.1, 0.15) is 136 Å². The van der Waals surface area contributed by atoms with Gasteiger partial charge in [-0.25, -0.2) is 0 Å². The number of ether oxygens (including phenoxy) is 6. The molecule has 0 aliphatic carbocycles. The molecule has 24 nitrogen and oxygen atoms in total. The van der Waals surface area contributed by atoms with E-state index in [1.807, 2.05) is 0 Å². The lowest BCUT2D eigenvalue weighted by Gasteiger charge is -2.36. The van der Waals surface area contributed by atoms with Crippen LogP contribution in [0, 0.1) is 0 Å². The van der Waals surface area contributed by atoms with E-state index in [1.54, 1.807) is 30.3 Å². The molecule has 0 spiro atoms. The zero-order valence-corrected chi connectivity index (χ0v) is 44.4. The van der Waals surface area contributed by atoms with Crippen molar-refractivity contribution in [3.05, 3.63) is 107 Å². The Kier molecular flexibility index (Phi) is 23.8. The van der Waals surface area contributed by atoms with Gasteiger partial charge in [0.25, 0.3) is 17.7 Å². The normalized spacial score (nSPS) is 11.1. The molecule has 0 fully saturated rings. The highest BCUT2D eigenvalue weighted by molar-refractivity contribution is 6.00. The second-order valence-electron chi connectivity index (χ2n) is 17.7. The molecule has 0 radical (unpaired) electrons. The van der Waals surface area contributed by atoms with Gasteiger partial charge in [0.05, 0.1) is 16.7 Å². The average molecular weight is 1100 g/mol. The van der Waals surface area contributed by atoms with E-state index >= 15 is 0 Å². The fraction of sp³-hybridized carbons (Fsp3) is 0.345. The quantitative estimate of drug-likeness (QED) is 0.0264. The topological polar surface area (TPSA) is 346 Å². The van der Waals surface area contributed by atoms with Gasteiger partial charge in [-0.3, -0.25) is 57.5 Å². The molecule has 7 N–H and O–H groups in total. The van der Waals surface area contributed by atoms with Crippen molar-refractivity contribution < 1.29 is 86.0 Å². The molecular formula is C55H62N6O18. The maximum atomic E-state index is 14.1. The van der Waals surface area contributed by atoms with E-state index in [0.29, 0.717) is 5.56 Å². The smallest absolute Gasteiger partial charge is 0.308 e. The first-order valence-corrected chi connectivity index (χ1v) is 24.8. The summed E-state index contributed by atoms with van der Waals surface area (Å²) in [7, 11) is 0. The minimum Gasteiger partial charge on any atom is -0.423 e. The SMILES string of the molecule is CC(=O)Oc1cccc(C(=O)NCCCC(CCCNC(=O)c2cccc(OC(C)=O)c2OC(C)=O)(CCCNC(=O)c2cccc(OC(C)=O)c2OC(C)=O)NC(=O)CCC(=O)N[C@@H](C(N)=O)c2ccccc2)c1OC(C)=O. The van der Waals surface area contributed by atoms with Crippen molar-refractivity contribution >= 4 is 71.3 Å². The summed E-state index contributed by atoms with van der Waals surface area (Å²) in [6.45, 7) is 6.47. The maximum Gasteiger partial charge on any atom is 0.308 e. The van der Waals surface area contributed by atoms with Gasteiger partial charge in [0.1, 0.15) is 6.04 Å². The van der Waals surface area contributed by atoms with Crippen LogP contribution in [0.15, 0.2) is 84.9 Å². The van der Waals surface area contributed by atoms with Crippen molar-refractivity contribution in [3.8, 4) is 34.5 Å². The number of rotatable bonds is 28. The predicted molar refractivity (Wildman–Crippen MR) is 279 cm³/mol. The zero-order valence-electron chi connectivity index (χ0n) is 44.4. The minimum absolute atomic E-state index is 0.0627. The molecule has 6 amide bonds. The van der Waals surface area contributed by atoms with Crippen molar-refractivity contribution in [2.75, 3.05) is 19.6 Å². The lowest BCUT2D eigenvalue weighted by atomic mass is 9.83. The highest BCUT2D eigenvalue weighted by Gasteiger charge is 2.32. The van der Waals surface area contributed by atoms with Crippen LogP contribution in [0.4, 0.5) is 0 Å². The number of para-hydroxylation sites is 3. The van der Waals surface area contributed by atoms with Gasteiger partial charge in [-0.15, -0.1) is 0 Å². The van der Waals surface area contributed by atoms with Crippen molar-refractivity contribution in [2.45, 2.75) is 104 Å². The second kappa shape index (κ2) is 30.3. The van der Waals surface area contributed by atoms with Crippen LogP contribution in [0.25, 0.3) is 0 Å². The van der Waals surface area contributed by atoms with Gasteiger partial charge in [-0.1, -0.05) is 48.5 Å². The van der Waals surface area contributed by atoms with E-state index < -0.39 is 95.7 Å². The second-order valence-corrected chi connectivity index (χ2v) is 17.7. The highest BCUT2D eigenvalue weighted by atomic mass is 16.6. The molecule has 0 bridgehead atoms. The Morgan fingerprint density at radius 1 is 0.430 bits per heavy atom. The molecule has 4 aromatic carbocycles. The van der Waals surface area contributed by atoms with Crippen LogP contribution < -0.4 is 60.7 Å². The third-order valence-electron chi connectivity index (χ3n) is 11.2. The van der Waals surface area contributed by atoms with Gasteiger partial charge in [-0.05, 0) is 80.5 Å². The lowest BCUT2D eigenvalue weighted by molar-refractivity contribution is -0.134. The number of hydrogen-bond donors (Lipinski definition) is 6. The summed E-state index contributed by atoms with van der Waals surface area (Å²) in [5.41, 5.74) is 4.35. The molecule has 0 aliphatic heterocycles. The van der Waals surface area contributed by atoms with Crippen molar-refractivity contribution in [3.63, 3.8) is 0 Å². The number of carbonyl (C=O) groups is 12. The number of esters is 6. The number of primary amides is 1. The van der Waals surface area contributed by atoms with Crippen LogP contribution in [0.5, 0.6) is 34.5 Å². The summed E-state index contributed by atoms with van der Waals surface area (Å²) in [4.78, 5) is 152. The summed E-state index contributed by atoms with van der Waals surface area (Å²) < 4.78 is 31.3. The highest BCUT2D eigenvalue weighted by Crippen LogP contribution is 2.35. The number of nitrogens with two attached hydrogens (primary N) is 1. The van der Waals surface area contributed by atoms with E-state index in [0.717, 1.165) is 41.5 Å².